The molecular formula is C13H26N2O3. The maximum atomic E-state index is 11.4. The van der Waals surface area contributed by atoms with Crippen molar-refractivity contribution >= 4 is 5.91 Å². The van der Waals surface area contributed by atoms with Crippen molar-refractivity contribution in [1.82, 2.24) is 10.2 Å². The first kappa shape index (κ1) is 15.4. The second-order valence-corrected chi connectivity index (χ2v) is 4.72. The van der Waals surface area contributed by atoms with Crippen LogP contribution in [0.2, 0.25) is 0 Å². The Morgan fingerprint density at radius 3 is 2.72 bits per heavy atom. The number of nitrogens with zero attached hydrogens (tertiary/aromatic N) is 1. The third kappa shape index (κ3) is 6.33. The first-order chi connectivity index (χ1) is 8.76. The second kappa shape index (κ2) is 9.30. The van der Waals surface area contributed by atoms with E-state index in [1.54, 1.807) is 7.11 Å². The Balaban J connectivity index is 2.06. The molecule has 0 spiro atoms. The van der Waals surface area contributed by atoms with Gasteiger partial charge in [-0.25, -0.2) is 0 Å². The van der Waals surface area contributed by atoms with Crippen LogP contribution < -0.4 is 5.32 Å². The van der Waals surface area contributed by atoms with Gasteiger partial charge in [0, 0.05) is 26.8 Å². The van der Waals surface area contributed by atoms with Gasteiger partial charge in [0.25, 0.3) is 0 Å². The van der Waals surface area contributed by atoms with Gasteiger partial charge in [0.1, 0.15) is 6.61 Å². The van der Waals surface area contributed by atoms with Gasteiger partial charge in [-0.3, -0.25) is 4.79 Å². The van der Waals surface area contributed by atoms with E-state index >= 15 is 0 Å². The fraction of sp³-hybridized carbons (Fsp3) is 0.923. The van der Waals surface area contributed by atoms with Gasteiger partial charge in [-0.05, 0) is 38.8 Å². The maximum Gasteiger partial charge on any atom is 0.246 e. The number of likely N-dealkylation sites (tertiary alicyclic amines) is 1. The fourth-order valence-corrected chi connectivity index (χ4v) is 2.14. The molecule has 5 nitrogen and oxygen atoms in total. The third-order valence-electron chi connectivity index (χ3n) is 3.34. The van der Waals surface area contributed by atoms with Crippen molar-refractivity contribution in [2.24, 2.45) is 5.92 Å². The molecule has 0 aromatic carbocycles. The van der Waals surface area contributed by atoms with Crippen molar-refractivity contribution in [2.45, 2.75) is 19.8 Å². The van der Waals surface area contributed by atoms with Gasteiger partial charge in [-0.15, -0.1) is 0 Å². The highest BCUT2D eigenvalue weighted by Gasteiger charge is 2.19. The zero-order chi connectivity index (χ0) is 13.2. The lowest BCUT2D eigenvalue weighted by Gasteiger charge is -2.31. The van der Waals surface area contributed by atoms with Crippen LogP contribution in [-0.2, 0) is 14.3 Å². The molecular weight excluding hydrogens is 232 g/mol. The van der Waals surface area contributed by atoms with Gasteiger partial charge in [0.15, 0.2) is 0 Å². The van der Waals surface area contributed by atoms with Gasteiger partial charge >= 0.3 is 0 Å². The van der Waals surface area contributed by atoms with Crippen LogP contribution in [0.5, 0.6) is 0 Å². The third-order valence-corrected chi connectivity index (χ3v) is 3.34. The molecule has 5 heteroatoms. The molecule has 1 amide bonds. The highest BCUT2D eigenvalue weighted by atomic mass is 16.5. The van der Waals surface area contributed by atoms with Gasteiger partial charge in [0.05, 0.1) is 6.61 Å². The molecule has 0 atom stereocenters. The number of methoxy groups -OCH3 is 1. The van der Waals surface area contributed by atoms with Crippen molar-refractivity contribution in [2.75, 3.05) is 53.1 Å². The molecule has 0 unspecified atom stereocenters. The zero-order valence-corrected chi connectivity index (χ0v) is 11.6. The van der Waals surface area contributed by atoms with E-state index in [2.05, 4.69) is 10.2 Å². The molecule has 0 aliphatic carbocycles. The summed E-state index contributed by atoms with van der Waals surface area (Å²) in [4.78, 5) is 13.8. The number of rotatable bonds is 8. The van der Waals surface area contributed by atoms with Gasteiger partial charge in [0.2, 0.25) is 5.91 Å². The quantitative estimate of drug-likeness (QED) is 0.689. The molecule has 106 valence electrons. The van der Waals surface area contributed by atoms with Crippen molar-refractivity contribution in [1.29, 1.82) is 0 Å². The number of hydrogen-bond acceptors (Lipinski definition) is 4. The highest BCUT2D eigenvalue weighted by molar-refractivity contribution is 5.77. The average molecular weight is 258 g/mol. The van der Waals surface area contributed by atoms with Crippen LogP contribution >= 0.6 is 0 Å². The number of piperidine rings is 1. The average Bonchev–Trinajstić information content (AvgIpc) is 2.41. The summed E-state index contributed by atoms with van der Waals surface area (Å²) < 4.78 is 10.1. The van der Waals surface area contributed by atoms with E-state index in [4.69, 9.17) is 9.47 Å². The molecule has 0 radical (unpaired) electrons. The van der Waals surface area contributed by atoms with E-state index in [-0.39, 0.29) is 12.5 Å². The van der Waals surface area contributed by atoms with Gasteiger partial charge < -0.3 is 19.7 Å². The molecule has 1 aliphatic heterocycles. The van der Waals surface area contributed by atoms with Crippen LogP contribution in [0, 0.1) is 5.92 Å². The summed E-state index contributed by atoms with van der Waals surface area (Å²) in [5, 5.41) is 2.94. The molecule has 1 fully saturated rings. The first-order valence-corrected chi connectivity index (χ1v) is 6.82. The largest absolute Gasteiger partial charge is 0.383 e. The van der Waals surface area contributed by atoms with E-state index < -0.39 is 0 Å². The van der Waals surface area contributed by atoms with E-state index in [0.717, 1.165) is 45.6 Å². The lowest BCUT2D eigenvalue weighted by Crippen LogP contribution is -2.40. The summed E-state index contributed by atoms with van der Waals surface area (Å²) >= 11 is 0. The summed E-state index contributed by atoms with van der Waals surface area (Å²) in [6, 6.07) is 0. The number of carbonyl (C=O) groups is 1. The van der Waals surface area contributed by atoms with Crippen LogP contribution in [0.1, 0.15) is 19.8 Å². The SMILES string of the molecule is CCOCC(=O)NCC1CCN(CCOC)CC1. The van der Waals surface area contributed by atoms with E-state index in [0.29, 0.717) is 12.5 Å². The molecule has 1 rings (SSSR count). The molecule has 0 aromatic heterocycles. The molecule has 1 heterocycles. The number of hydrogen-bond donors (Lipinski definition) is 1. The predicted octanol–water partition coefficient (Wildman–Crippen LogP) is 0.498. The van der Waals surface area contributed by atoms with E-state index in [9.17, 15) is 4.79 Å². The summed E-state index contributed by atoms with van der Waals surface area (Å²) in [5.74, 6) is 0.605. The molecule has 1 saturated heterocycles. The Hall–Kier alpha value is -0.650. The molecule has 1 aliphatic rings. The van der Waals surface area contributed by atoms with Gasteiger partial charge in [-0.2, -0.15) is 0 Å². The Labute approximate surface area is 110 Å². The summed E-state index contributed by atoms with van der Waals surface area (Å²) in [6.07, 6.45) is 2.30. The molecule has 0 saturated carbocycles. The number of nitrogens with one attached hydrogen (secondary N) is 1. The predicted molar refractivity (Wildman–Crippen MR) is 70.5 cm³/mol. The Bertz CT molecular complexity index is 228. The molecule has 18 heavy (non-hydrogen) atoms. The second-order valence-electron chi connectivity index (χ2n) is 4.72. The summed E-state index contributed by atoms with van der Waals surface area (Å²) in [6.45, 7) is 7.47. The fourth-order valence-electron chi connectivity index (χ4n) is 2.14. The number of amides is 1. The van der Waals surface area contributed by atoms with E-state index in [1.807, 2.05) is 6.92 Å². The standard InChI is InChI=1S/C13H26N2O3/c1-3-18-11-13(16)14-10-12-4-6-15(7-5-12)8-9-17-2/h12H,3-11H2,1-2H3,(H,14,16). The minimum Gasteiger partial charge on any atom is -0.383 e. The topological polar surface area (TPSA) is 50.8 Å². The Morgan fingerprint density at radius 1 is 1.39 bits per heavy atom. The minimum atomic E-state index is -0.00124. The number of ether oxygens (including phenoxy) is 2. The first-order valence-electron chi connectivity index (χ1n) is 6.82. The maximum absolute atomic E-state index is 11.4. The van der Waals surface area contributed by atoms with Crippen LogP contribution in [0.4, 0.5) is 0 Å². The van der Waals surface area contributed by atoms with Crippen LogP contribution in [-0.4, -0.2) is 63.9 Å². The Kier molecular flexibility index (Phi) is 7.96. The smallest absolute Gasteiger partial charge is 0.246 e. The zero-order valence-electron chi connectivity index (χ0n) is 11.6. The lowest BCUT2D eigenvalue weighted by molar-refractivity contribution is -0.125. The van der Waals surface area contributed by atoms with Crippen molar-refractivity contribution in [3.8, 4) is 0 Å². The Morgan fingerprint density at radius 2 is 2.11 bits per heavy atom. The molecule has 1 N–H and O–H groups in total. The lowest BCUT2D eigenvalue weighted by atomic mass is 9.97. The van der Waals surface area contributed by atoms with Crippen molar-refractivity contribution in [3.63, 3.8) is 0 Å². The van der Waals surface area contributed by atoms with Crippen LogP contribution in [0.15, 0.2) is 0 Å². The highest BCUT2D eigenvalue weighted by Crippen LogP contribution is 2.15. The van der Waals surface area contributed by atoms with Crippen LogP contribution in [0.25, 0.3) is 0 Å². The van der Waals surface area contributed by atoms with Crippen molar-refractivity contribution < 1.29 is 14.3 Å². The summed E-state index contributed by atoms with van der Waals surface area (Å²) in [5.41, 5.74) is 0. The monoisotopic (exact) mass is 258 g/mol. The van der Waals surface area contributed by atoms with Crippen molar-refractivity contribution in [3.05, 3.63) is 0 Å². The van der Waals surface area contributed by atoms with Crippen LogP contribution in [0.3, 0.4) is 0 Å². The molecule has 0 aromatic rings. The van der Waals surface area contributed by atoms with Gasteiger partial charge in [-0.1, -0.05) is 0 Å². The minimum absolute atomic E-state index is 0.00124. The normalized spacial score (nSPS) is 17.9. The number of carbonyl (C=O) groups excluding carboxylic acids is 1. The summed E-state index contributed by atoms with van der Waals surface area (Å²) in [7, 11) is 1.74. The van der Waals surface area contributed by atoms with E-state index in [1.165, 1.54) is 0 Å². The molecule has 0 bridgehead atoms.